The van der Waals surface area contributed by atoms with Gasteiger partial charge in [-0.1, -0.05) is 42.5 Å². The fourth-order valence-corrected chi connectivity index (χ4v) is 2.48. The van der Waals surface area contributed by atoms with Crippen LogP contribution in [0.1, 0.15) is 21.5 Å². The largest absolute Gasteiger partial charge is 0.478 e. The molecule has 0 radical (unpaired) electrons. The van der Waals surface area contributed by atoms with Gasteiger partial charge in [-0.25, -0.2) is 9.59 Å². The number of amides is 2. The van der Waals surface area contributed by atoms with Gasteiger partial charge in [0.05, 0.1) is 12.2 Å². The maximum absolute atomic E-state index is 12.5. The Bertz CT molecular complexity index is 702. The zero-order valence-electron chi connectivity index (χ0n) is 14.9. The Morgan fingerprint density at radius 1 is 1.00 bits per heavy atom. The van der Waals surface area contributed by atoms with Crippen LogP contribution in [0.5, 0.6) is 0 Å². The number of benzene rings is 2. The van der Waals surface area contributed by atoms with Crippen molar-refractivity contribution in [1.82, 2.24) is 10.2 Å². The number of methoxy groups -OCH3 is 1. The standard InChI is InChI=1S/C20H24N2O4/c1-26-14-13-22(12-11-16-5-3-2-4-6-16)20(25)21-15-17-7-9-18(10-8-17)19(23)24/h2-10H,11-15H2,1H3,(H,21,25)(H,23,24). The van der Waals surface area contributed by atoms with Crippen molar-refractivity contribution in [3.05, 3.63) is 71.3 Å². The van der Waals surface area contributed by atoms with E-state index in [0.29, 0.717) is 26.2 Å². The molecule has 0 aromatic heterocycles. The Kier molecular flexibility index (Phi) is 7.64. The van der Waals surface area contributed by atoms with Gasteiger partial charge in [-0.2, -0.15) is 0 Å². The Morgan fingerprint density at radius 2 is 1.69 bits per heavy atom. The first-order chi connectivity index (χ1) is 12.6. The molecule has 0 aliphatic rings. The predicted octanol–water partition coefficient (Wildman–Crippen LogP) is 2.79. The highest BCUT2D eigenvalue weighted by Gasteiger charge is 2.13. The lowest BCUT2D eigenvalue weighted by molar-refractivity contribution is 0.0697. The summed E-state index contributed by atoms with van der Waals surface area (Å²) in [5.41, 5.74) is 2.25. The first-order valence-electron chi connectivity index (χ1n) is 8.48. The SMILES string of the molecule is COCCN(CCc1ccccc1)C(=O)NCc1ccc(C(=O)O)cc1. The van der Waals surface area contributed by atoms with E-state index in [1.807, 2.05) is 30.3 Å². The van der Waals surface area contributed by atoms with E-state index in [1.165, 1.54) is 17.7 Å². The number of ether oxygens (including phenoxy) is 1. The quantitative estimate of drug-likeness (QED) is 0.724. The number of carboxylic acid groups (broad SMARTS) is 1. The van der Waals surface area contributed by atoms with Crippen molar-refractivity contribution < 1.29 is 19.4 Å². The third kappa shape index (κ3) is 6.22. The van der Waals surface area contributed by atoms with Crippen LogP contribution in [0.2, 0.25) is 0 Å². The van der Waals surface area contributed by atoms with E-state index in [0.717, 1.165) is 12.0 Å². The molecule has 0 bridgehead atoms. The number of nitrogens with zero attached hydrogens (tertiary/aromatic N) is 1. The van der Waals surface area contributed by atoms with E-state index < -0.39 is 5.97 Å². The van der Waals surface area contributed by atoms with E-state index in [4.69, 9.17) is 9.84 Å². The molecule has 0 atom stereocenters. The smallest absolute Gasteiger partial charge is 0.335 e. The van der Waals surface area contributed by atoms with Crippen LogP contribution in [-0.4, -0.2) is 48.8 Å². The summed E-state index contributed by atoms with van der Waals surface area (Å²) < 4.78 is 5.10. The molecule has 0 saturated heterocycles. The number of carbonyl (C=O) groups excluding carboxylic acids is 1. The van der Waals surface area contributed by atoms with Gasteiger partial charge in [-0.15, -0.1) is 0 Å². The highest BCUT2D eigenvalue weighted by Crippen LogP contribution is 2.05. The Morgan fingerprint density at radius 3 is 2.31 bits per heavy atom. The topological polar surface area (TPSA) is 78.9 Å². The van der Waals surface area contributed by atoms with Crippen LogP contribution in [0.15, 0.2) is 54.6 Å². The average Bonchev–Trinajstić information content (AvgIpc) is 2.67. The first-order valence-corrected chi connectivity index (χ1v) is 8.48. The van der Waals surface area contributed by atoms with Crippen molar-refractivity contribution in [2.24, 2.45) is 0 Å². The summed E-state index contributed by atoms with van der Waals surface area (Å²) in [6.07, 6.45) is 0.769. The zero-order valence-corrected chi connectivity index (χ0v) is 14.9. The minimum Gasteiger partial charge on any atom is -0.478 e. The highest BCUT2D eigenvalue weighted by molar-refractivity contribution is 5.87. The molecule has 2 rings (SSSR count). The molecule has 138 valence electrons. The molecule has 2 amide bonds. The number of carbonyl (C=O) groups is 2. The van der Waals surface area contributed by atoms with Crippen LogP contribution in [0.25, 0.3) is 0 Å². The molecular formula is C20H24N2O4. The lowest BCUT2D eigenvalue weighted by Crippen LogP contribution is -2.42. The third-order valence-corrected chi connectivity index (χ3v) is 4.01. The molecule has 0 spiro atoms. The fraction of sp³-hybridized carbons (Fsp3) is 0.300. The molecule has 6 heteroatoms. The second-order valence-corrected chi connectivity index (χ2v) is 5.88. The van der Waals surface area contributed by atoms with Gasteiger partial charge >= 0.3 is 12.0 Å². The summed E-state index contributed by atoms with van der Waals surface area (Å²) >= 11 is 0. The van der Waals surface area contributed by atoms with Gasteiger partial charge in [-0.05, 0) is 29.7 Å². The van der Waals surface area contributed by atoms with Crippen molar-refractivity contribution in [3.8, 4) is 0 Å². The Labute approximate surface area is 153 Å². The Hall–Kier alpha value is -2.86. The van der Waals surface area contributed by atoms with Gasteiger partial charge in [0.25, 0.3) is 0 Å². The number of carboxylic acids is 1. The summed E-state index contributed by atoms with van der Waals surface area (Å²) in [5.74, 6) is -0.966. The van der Waals surface area contributed by atoms with E-state index in [2.05, 4.69) is 5.32 Å². The van der Waals surface area contributed by atoms with Gasteiger partial charge in [0, 0.05) is 26.7 Å². The molecule has 0 saturated carbocycles. The Balaban J connectivity index is 1.89. The molecule has 6 nitrogen and oxygen atoms in total. The summed E-state index contributed by atoms with van der Waals surface area (Å²) in [7, 11) is 1.61. The molecule has 26 heavy (non-hydrogen) atoms. The van der Waals surface area contributed by atoms with E-state index >= 15 is 0 Å². The van der Waals surface area contributed by atoms with Gasteiger partial charge < -0.3 is 20.1 Å². The summed E-state index contributed by atoms with van der Waals surface area (Å²) in [4.78, 5) is 25.1. The molecule has 2 aromatic rings. The second kappa shape index (κ2) is 10.2. The van der Waals surface area contributed by atoms with Crippen molar-refractivity contribution in [2.45, 2.75) is 13.0 Å². The first kappa shape index (κ1) is 19.5. The minimum atomic E-state index is -0.966. The lowest BCUT2D eigenvalue weighted by atomic mass is 10.1. The number of nitrogens with one attached hydrogen (secondary N) is 1. The second-order valence-electron chi connectivity index (χ2n) is 5.88. The number of rotatable bonds is 9. The maximum atomic E-state index is 12.5. The normalized spacial score (nSPS) is 10.3. The molecule has 2 N–H and O–H groups in total. The van der Waals surface area contributed by atoms with Crippen molar-refractivity contribution in [3.63, 3.8) is 0 Å². The van der Waals surface area contributed by atoms with Crippen LogP contribution in [0, 0.1) is 0 Å². The van der Waals surface area contributed by atoms with Gasteiger partial charge in [0.1, 0.15) is 0 Å². The van der Waals surface area contributed by atoms with Gasteiger partial charge in [0.15, 0.2) is 0 Å². The maximum Gasteiger partial charge on any atom is 0.335 e. The van der Waals surface area contributed by atoms with Crippen molar-refractivity contribution in [2.75, 3.05) is 26.8 Å². The third-order valence-electron chi connectivity index (χ3n) is 4.01. The molecule has 0 unspecified atom stereocenters. The molecule has 0 aliphatic heterocycles. The van der Waals surface area contributed by atoms with Crippen LogP contribution in [0.3, 0.4) is 0 Å². The molecule has 2 aromatic carbocycles. The predicted molar refractivity (Wildman–Crippen MR) is 99.2 cm³/mol. The van der Waals surface area contributed by atoms with E-state index in [-0.39, 0.29) is 11.6 Å². The number of hydrogen-bond acceptors (Lipinski definition) is 3. The van der Waals surface area contributed by atoms with Crippen LogP contribution in [-0.2, 0) is 17.7 Å². The summed E-state index contributed by atoms with van der Waals surface area (Å²) in [5, 5.41) is 11.8. The molecule has 0 fully saturated rings. The summed E-state index contributed by atoms with van der Waals surface area (Å²) in [6, 6.07) is 16.3. The molecule has 0 heterocycles. The number of urea groups is 1. The van der Waals surface area contributed by atoms with E-state index in [9.17, 15) is 9.59 Å². The monoisotopic (exact) mass is 356 g/mol. The number of hydrogen-bond donors (Lipinski definition) is 2. The number of aromatic carboxylic acids is 1. The van der Waals surface area contributed by atoms with Gasteiger partial charge in [0.2, 0.25) is 0 Å². The highest BCUT2D eigenvalue weighted by atomic mass is 16.5. The van der Waals surface area contributed by atoms with Crippen molar-refractivity contribution in [1.29, 1.82) is 0 Å². The van der Waals surface area contributed by atoms with E-state index in [1.54, 1.807) is 24.1 Å². The molecule has 0 aliphatic carbocycles. The van der Waals surface area contributed by atoms with Crippen LogP contribution >= 0.6 is 0 Å². The fourth-order valence-electron chi connectivity index (χ4n) is 2.48. The average molecular weight is 356 g/mol. The molecular weight excluding hydrogens is 332 g/mol. The van der Waals surface area contributed by atoms with Crippen LogP contribution < -0.4 is 5.32 Å². The lowest BCUT2D eigenvalue weighted by Gasteiger charge is -2.23. The van der Waals surface area contributed by atoms with Crippen LogP contribution in [0.4, 0.5) is 4.79 Å². The minimum absolute atomic E-state index is 0.166. The zero-order chi connectivity index (χ0) is 18.8. The summed E-state index contributed by atoms with van der Waals surface area (Å²) in [6.45, 7) is 1.91. The van der Waals surface area contributed by atoms with Crippen molar-refractivity contribution >= 4 is 12.0 Å². The van der Waals surface area contributed by atoms with Gasteiger partial charge in [-0.3, -0.25) is 0 Å².